The van der Waals surface area contributed by atoms with Gasteiger partial charge >= 0.3 is 1.43 Å². The molecule has 0 fully saturated rings. The molecule has 206 valence electrons. The van der Waals surface area contributed by atoms with Crippen LogP contribution in [0.25, 0.3) is 0 Å². The molecule has 0 aromatic rings. The molecule has 2 heteroatoms. The Bertz CT molecular complexity index is 306. The summed E-state index contributed by atoms with van der Waals surface area (Å²) >= 11 is 0. The minimum atomic E-state index is 0. The predicted molar refractivity (Wildman–Crippen MR) is 154 cm³/mol. The monoisotopic (exact) mass is 484 g/mol. The molecule has 0 amide bonds. The lowest BCUT2D eigenvalue weighted by Crippen LogP contribution is -1.99. The maximum atomic E-state index is 5.35. The second-order valence-corrected chi connectivity index (χ2v) is 10.8. The standard InChI is InChI=1S/C32H66O2/c1-3-5-7-9-11-13-15-17-19-21-23-25-27-29-31-33-34-32-30-28-26-24-22-20-18-16-14-12-10-8-6-4-2/h3-32H2,1-2H3/p+1. The van der Waals surface area contributed by atoms with Gasteiger partial charge in [-0.05, 0) is 12.8 Å². The molecule has 0 aliphatic carbocycles. The van der Waals surface area contributed by atoms with Gasteiger partial charge in [-0.25, -0.2) is 9.78 Å². The van der Waals surface area contributed by atoms with Crippen LogP contribution in [0.4, 0.5) is 0 Å². The molecule has 0 aliphatic heterocycles. The summed E-state index contributed by atoms with van der Waals surface area (Å²) in [5.74, 6) is 0. The van der Waals surface area contributed by atoms with Gasteiger partial charge in [0.15, 0.2) is 0 Å². The van der Waals surface area contributed by atoms with E-state index in [1.54, 1.807) is 0 Å². The van der Waals surface area contributed by atoms with E-state index in [0.717, 1.165) is 26.1 Å². The van der Waals surface area contributed by atoms with Crippen LogP contribution in [0.2, 0.25) is 0 Å². The van der Waals surface area contributed by atoms with Gasteiger partial charge in [-0.3, -0.25) is 0 Å². The summed E-state index contributed by atoms with van der Waals surface area (Å²) in [6.07, 6.45) is 39.2. The van der Waals surface area contributed by atoms with Gasteiger partial charge in [-0.2, -0.15) is 0 Å². The maximum absolute atomic E-state index is 5.35. The molecule has 0 radical (unpaired) electrons. The maximum Gasteiger partial charge on any atom is 1.00 e. The third-order valence-corrected chi connectivity index (χ3v) is 7.25. The second-order valence-electron chi connectivity index (χ2n) is 10.8. The van der Waals surface area contributed by atoms with Crippen LogP contribution in [0.15, 0.2) is 0 Å². The molecule has 0 atom stereocenters. The number of hydrogen-bond donors (Lipinski definition) is 0. The van der Waals surface area contributed by atoms with Gasteiger partial charge in [0, 0.05) is 0 Å². The molecule has 0 heterocycles. The molecule has 0 unspecified atom stereocenters. The molecule has 0 spiro atoms. The van der Waals surface area contributed by atoms with Crippen molar-refractivity contribution < 1.29 is 11.2 Å². The Kier molecular flexibility index (Phi) is 32.8. The minimum Gasteiger partial charge on any atom is -0.237 e. The first kappa shape index (κ1) is 33.9. The van der Waals surface area contributed by atoms with Gasteiger partial charge in [0.05, 0.1) is 13.2 Å². The van der Waals surface area contributed by atoms with E-state index < -0.39 is 0 Å². The highest BCUT2D eigenvalue weighted by atomic mass is 17.2. The molecule has 0 rings (SSSR count). The van der Waals surface area contributed by atoms with E-state index in [4.69, 9.17) is 9.78 Å². The fourth-order valence-electron chi connectivity index (χ4n) is 4.83. The van der Waals surface area contributed by atoms with Crippen molar-refractivity contribution in [3.05, 3.63) is 0 Å². The van der Waals surface area contributed by atoms with Crippen LogP contribution in [0, 0.1) is 0 Å². The molecule has 0 bridgehead atoms. The third kappa shape index (κ3) is 31.9. The van der Waals surface area contributed by atoms with E-state index in [1.165, 1.54) is 167 Å². The van der Waals surface area contributed by atoms with Crippen LogP contribution in [0.1, 0.15) is 195 Å². The summed E-state index contributed by atoms with van der Waals surface area (Å²) in [5.41, 5.74) is 0. The van der Waals surface area contributed by atoms with Crippen molar-refractivity contribution in [3.8, 4) is 0 Å². The van der Waals surface area contributed by atoms with Gasteiger partial charge in [-0.1, -0.05) is 181 Å². The Labute approximate surface area is 218 Å². The third-order valence-electron chi connectivity index (χ3n) is 7.25. The van der Waals surface area contributed by atoms with E-state index in [9.17, 15) is 0 Å². The predicted octanol–water partition coefficient (Wildman–Crippen LogP) is 12.0. The average Bonchev–Trinajstić information content (AvgIpc) is 2.85. The van der Waals surface area contributed by atoms with E-state index in [0.29, 0.717) is 0 Å². The van der Waals surface area contributed by atoms with Crippen LogP contribution in [0.3, 0.4) is 0 Å². The van der Waals surface area contributed by atoms with Crippen molar-refractivity contribution >= 4 is 0 Å². The molecular weight excluding hydrogens is 416 g/mol. The zero-order valence-electron chi connectivity index (χ0n) is 25.0. The minimum absolute atomic E-state index is 0. The molecule has 2 nitrogen and oxygen atoms in total. The molecule has 0 aliphatic rings. The highest BCUT2D eigenvalue weighted by molar-refractivity contribution is 4.50. The molecule has 0 saturated heterocycles. The second kappa shape index (κ2) is 32.9. The zero-order chi connectivity index (χ0) is 24.6. The van der Waals surface area contributed by atoms with Crippen molar-refractivity contribution in [1.29, 1.82) is 0 Å². The Hall–Kier alpha value is -0.0800. The van der Waals surface area contributed by atoms with Crippen LogP contribution < -0.4 is 0 Å². The SMILES string of the molecule is CCCCCCCCCCCCCCCCOOCCCCCCCCCCCCCCCC.[H+]. The normalized spacial score (nSPS) is 11.5. The van der Waals surface area contributed by atoms with Crippen LogP contribution in [-0.2, 0) is 9.78 Å². The summed E-state index contributed by atoms with van der Waals surface area (Å²) in [6.45, 7) is 6.14. The molecule has 0 saturated carbocycles. The largest absolute Gasteiger partial charge is 1.00 e. The van der Waals surface area contributed by atoms with Crippen molar-refractivity contribution in [1.82, 2.24) is 0 Å². The smallest absolute Gasteiger partial charge is 0.237 e. The van der Waals surface area contributed by atoms with E-state index >= 15 is 0 Å². The summed E-state index contributed by atoms with van der Waals surface area (Å²) in [4.78, 5) is 10.7. The highest BCUT2D eigenvalue weighted by Crippen LogP contribution is 2.14. The Morgan fingerprint density at radius 1 is 0.265 bits per heavy atom. The number of unbranched alkanes of at least 4 members (excludes halogenated alkanes) is 26. The summed E-state index contributed by atoms with van der Waals surface area (Å²) in [7, 11) is 0. The van der Waals surface area contributed by atoms with E-state index in [1.807, 2.05) is 0 Å². The summed E-state index contributed by atoms with van der Waals surface area (Å²) in [5, 5.41) is 0. The van der Waals surface area contributed by atoms with Gasteiger partial charge in [0.2, 0.25) is 0 Å². The summed E-state index contributed by atoms with van der Waals surface area (Å²) in [6, 6.07) is 0. The molecule has 0 aromatic carbocycles. The topological polar surface area (TPSA) is 18.5 Å². The average molecular weight is 484 g/mol. The number of rotatable bonds is 31. The van der Waals surface area contributed by atoms with Crippen molar-refractivity contribution in [3.63, 3.8) is 0 Å². The van der Waals surface area contributed by atoms with Gasteiger partial charge in [-0.15, -0.1) is 0 Å². The molecule has 0 aromatic heterocycles. The molecular formula is C32H67O2+. The molecule has 0 N–H and O–H groups in total. The zero-order valence-corrected chi connectivity index (χ0v) is 24.0. The van der Waals surface area contributed by atoms with Crippen molar-refractivity contribution in [2.45, 2.75) is 194 Å². The lowest BCUT2D eigenvalue weighted by atomic mass is 10.0. The first-order chi connectivity index (χ1) is 16.9. The van der Waals surface area contributed by atoms with Crippen molar-refractivity contribution in [2.75, 3.05) is 13.2 Å². The van der Waals surface area contributed by atoms with E-state index in [-0.39, 0.29) is 1.43 Å². The van der Waals surface area contributed by atoms with Crippen molar-refractivity contribution in [2.24, 2.45) is 0 Å². The lowest BCUT2D eigenvalue weighted by molar-refractivity contribution is -0.295. The fourth-order valence-corrected chi connectivity index (χ4v) is 4.83. The quantitative estimate of drug-likeness (QED) is 0.0554. The van der Waals surface area contributed by atoms with Gasteiger partial charge < -0.3 is 0 Å². The number of hydrogen-bond acceptors (Lipinski definition) is 2. The fraction of sp³-hybridized carbons (Fsp3) is 1.00. The first-order valence-electron chi connectivity index (χ1n) is 16.2. The lowest BCUT2D eigenvalue weighted by Gasteiger charge is -2.05. The Morgan fingerprint density at radius 2 is 0.441 bits per heavy atom. The van der Waals surface area contributed by atoms with Crippen LogP contribution >= 0.6 is 0 Å². The van der Waals surface area contributed by atoms with Crippen LogP contribution in [-0.4, -0.2) is 13.2 Å². The Balaban J connectivity index is 0. The summed E-state index contributed by atoms with van der Waals surface area (Å²) < 4.78 is 0. The Morgan fingerprint density at radius 3 is 0.647 bits per heavy atom. The first-order valence-corrected chi connectivity index (χ1v) is 16.2. The van der Waals surface area contributed by atoms with E-state index in [2.05, 4.69) is 13.8 Å². The highest BCUT2D eigenvalue weighted by Gasteiger charge is 1.97. The molecule has 34 heavy (non-hydrogen) atoms. The van der Waals surface area contributed by atoms with Gasteiger partial charge in [0.1, 0.15) is 0 Å². The van der Waals surface area contributed by atoms with Gasteiger partial charge in [0.25, 0.3) is 0 Å². The van der Waals surface area contributed by atoms with Crippen LogP contribution in [0.5, 0.6) is 0 Å².